The van der Waals surface area contributed by atoms with E-state index in [-0.39, 0.29) is 5.97 Å². The highest BCUT2D eigenvalue weighted by Gasteiger charge is 2.16. The van der Waals surface area contributed by atoms with E-state index in [9.17, 15) is 9.59 Å². The number of hydrogen-bond donors (Lipinski definition) is 1. The lowest BCUT2D eigenvalue weighted by molar-refractivity contribution is 0.0523. The Kier molecular flexibility index (Phi) is 4.72. The molecule has 6 heteroatoms. The Labute approximate surface area is 110 Å². The third kappa shape index (κ3) is 4.75. The molecule has 0 bridgehead atoms. The van der Waals surface area contributed by atoms with E-state index in [1.54, 1.807) is 32.9 Å². The summed E-state index contributed by atoms with van der Waals surface area (Å²) in [6.07, 6.45) is -0.476. The van der Waals surface area contributed by atoms with Crippen molar-refractivity contribution >= 4 is 23.4 Å². The molecule has 0 aliphatic heterocycles. The van der Waals surface area contributed by atoms with Crippen LogP contribution in [-0.2, 0) is 16.0 Å². The van der Waals surface area contributed by atoms with Crippen LogP contribution in [0.15, 0.2) is 12.1 Å². The van der Waals surface area contributed by atoms with Gasteiger partial charge in [0.15, 0.2) is 0 Å². The summed E-state index contributed by atoms with van der Waals surface area (Å²) in [6, 6.07) is 3.44. The minimum atomic E-state index is -0.517. The monoisotopic (exact) mass is 271 g/mol. The normalized spacial score (nSPS) is 10.9. The van der Waals surface area contributed by atoms with Crippen molar-refractivity contribution in [2.45, 2.75) is 32.9 Å². The molecule has 0 spiro atoms. The molecule has 0 saturated carbocycles. The molecule has 100 valence electrons. The summed E-state index contributed by atoms with van der Waals surface area (Å²) in [7, 11) is 1.33. The quantitative estimate of drug-likeness (QED) is 0.858. The first-order chi connectivity index (χ1) is 8.31. The molecule has 1 aromatic rings. The van der Waals surface area contributed by atoms with Gasteiger partial charge in [-0.25, -0.2) is 9.59 Å². The maximum atomic E-state index is 11.4. The molecule has 0 radical (unpaired) electrons. The summed E-state index contributed by atoms with van der Waals surface area (Å²) in [5.74, 6) is -0.372. The molecular formula is C12H17NO4S. The zero-order chi connectivity index (χ0) is 13.8. The smallest absolute Gasteiger partial charge is 0.407 e. The van der Waals surface area contributed by atoms with E-state index in [1.165, 1.54) is 18.4 Å². The molecule has 5 nitrogen and oxygen atoms in total. The zero-order valence-electron chi connectivity index (χ0n) is 10.9. The molecule has 1 rings (SSSR count). The van der Waals surface area contributed by atoms with Crippen LogP contribution in [0, 0.1) is 0 Å². The van der Waals surface area contributed by atoms with Gasteiger partial charge in [-0.2, -0.15) is 0 Å². The lowest BCUT2D eigenvalue weighted by atomic mass is 10.2. The summed E-state index contributed by atoms with van der Waals surface area (Å²) in [6.45, 7) is 5.73. The standard InChI is InChI=1S/C12H17NO4S/c1-12(2,3)17-11(15)13-7-8-5-6-9(18-8)10(14)16-4/h5-6H,7H2,1-4H3,(H,13,15). The van der Waals surface area contributed by atoms with Crippen molar-refractivity contribution < 1.29 is 19.1 Å². The number of hydrogen-bond acceptors (Lipinski definition) is 5. The van der Waals surface area contributed by atoms with E-state index in [0.29, 0.717) is 11.4 Å². The molecule has 0 atom stereocenters. The van der Waals surface area contributed by atoms with Crippen molar-refractivity contribution in [2.75, 3.05) is 7.11 Å². The van der Waals surface area contributed by atoms with Gasteiger partial charge in [-0.1, -0.05) is 0 Å². The molecule has 0 unspecified atom stereocenters. The van der Waals surface area contributed by atoms with Gasteiger partial charge in [0.1, 0.15) is 10.5 Å². The number of carbonyl (C=O) groups is 2. The van der Waals surface area contributed by atoms with Crippen molar-refractivity contribution in [1.29, 1.82) is 0 Å². The zero-order valence-corrected chi connectivity index (χ0v) is 11.7. The highest BCUT2D eigenvalue weighted by atomic mass is 32.1. The first-order valence-corrected chi connectivity index (χ1v) is 6.27. The number of thiophene rings is 1. The van der Waals surface area contributed by atoms with Gasteiger partial charge in [0.05, 0.1) is 13.7 Å². The third-order valence-electron chi connectivity index (χ3n) is 1.85. The molecule has 1 aromatic heterocycles. The lowest BCUT2D eigenvalue weighted by Crippen LogP contribution is -2.31. The lowest BCUT2D eigenvalue weighted by Gasteiger charge is -2.19. The number of rotatable bonds is 3. The van der Waals surface area contributed by atoms with Gasteiger partial charge in [-0.05, 0) is 32.9 Å². The number of carbonyl (C=O) groups excluding carboxylic acids is 2. The van der Waals surface area contributed by atoms with Crippen LogP contribution in [0.1, 0.15) is 35.3 Å². The Morgan fingerprint density at radius 3 is 2.56 bits per heavy atom. The maximum absolute atomic E-state index is 11.4. The molecule has 0 fully saturated rings. The van der Waals surface area contributed by atoms with Crippen molar-refractivity contribution in [2.24, 2.45) is 0 Å². The average molecular weight is 271 g/mol. The fourth-order valence-electron chi connectivity index (χ4n) is 1.16. The molecule has 1 heterocycles. The summed E-state index contributed by atoms with van der Waals surface area (Å²) in [5, 5.41) is 2.62. The van der Waals surface area contributed by atoms with E-state index in [2.05, 4.69) is 10.1 Å². The number of alkyl carbamates (subject to hydrolysis) is 1. The number of amides is 1. The average Bonchev–Trinajstić information content (AvgIpc) is 2.71. The fourth-order valence-corrected chi connectivity index (χ4v) is 2.02. The SMILES string of the molecule is COC(=O)c1ccc(CNC(=O)OC(C)(C)C)s1. The first-order valence-electron chi connectivity index (χ1n) is 5.45. The first kappa shape index (κ1) is 14.5. The van der Waals surface area contributed by atoms with Crippen molar-refractivity contribution in [3.63, 3.8) is 0 Å². The second-order valence-corrected chi connectivity index (χ2v) is 5.78. The second kappa shape index (κ2) is 5.86. The second-order valence-electron chi connectivity index (χ2n) is 4.61. The van der Waals surface area contributed by atoms with Gasteiger partial charge in [0.2, 0.25) is 0 Å². The molecule has 0 saturated heterocycles. The number of nitrogens with one attached hydrogen (secondary N) is 1. The highest BCUT2D eigenvalue weighted by molar-refractivity contribution is 7.13. The third-order valence-corrected chi connectivity index (χ3v) is 2.92. The molecular weight excluding hydrogens is 254 g/mol. The van der Waals surface area contributed by atoms with Crippen LogP contribution in [0.2, 0.25) is 0 Å². The van der Waals surface area contributed by atoms with E-state index in [1.807, 2.05) is 0 Å². The van der Waals surface area contributed by atoms with Crippen LogP contribution < -0.4 is 5.32 Å². The largest absolute Gasteiger partial charge is 0.465 e. The summed E-state index contributed by atoms with van der Waals surface area (Å²) in [5.41, 5.74) is -0.517. The van der Waals surface area contributed by atoms with Gasteiger partial charge in [-0.3, -0.25) is 0 Å². The van der Waals surface area contributed by atoms with Crippen LogP contribution in [0.25, 0.3) is 0 Å². The number of ether oxygens (including phenoxy) is 2. The van der Waals surface area contributed by atoms with E-state index in [0.717, 1.165) is 4.88 Å². The minimum absolute atomic E-state index is 0.330. The van der Waals surface area contributed by atoms with Crippen LogP contribution in [0.5, 0.6) is 0 Å². The Hall–Kier alpha value is -1.56. The molecule has 18 heavy (non-hydrogen) atoms. The molecule has 1 amide bonds. The van der Waals surface area contributed by atoms with Crippen molar-refractivity contribution in [3.8, 4) is 0 Å². The number of methoxy groups -OCH3 is 1. The fraction of sp³-hybridized carbons (Fsp3) is 0.500. The predicted octanol–water partition coefficient (Wildman–Crippen LogP) is 2.56. The molecule has 0 aliphatic rings. The molecule has 1 N–H and O–H groups in total. The maximum Gasteiger partial charge on any atom is 0.407 e. The molecule has 0 aromatic carbocycles. The van der Waals surface area contributed by atoms with Gasteiger partial charge in [0.25, 0.3) is 0 Å². The van der Waals surface area contributed by atoms with Crippen molar-refractivity contribution in [3.05, 3.63) is 21.9 Å². The topological polar surface area (TPSA) is 64.6 Å². The molecule has 0 aliphatic carbocycles. The number of esters is 1. The Bertz CT molecular complexity index is 434. The summed E-state index contributed by atoms with van der Waals surface area (Å²) in [4.78, 5) is 24.0. The van der Waals surface area contributed by atoms with E-state index in [4.69, 9.17) is 4.74 Å². The van der Waals surface area contributed by atoms with Crippen molar-refractivity contribution in [1.82, 2.24) is 5.32 Å². The van der Waals surface area contributed by atoms with E-state index < -0.39 is 11.7 Å². The summed E-state index contributed by atoms with van der Waals surface area (Å²) >= 11 is 1.28. The van der Waals surface area contributed by atoms with Crippen LogP contribution in [0.3, 0.4) is 0 Å². The highest BCUT2D eigenvalue weighted by Crippen LogP contribution is 2.17. The van der Waals surface area contributed by atoms with Crippen LogP contribution in [-0.4, -0.2) is 24.8 Å². The van der Waals surface area contributed by atoms with Gasteiger partial charge < -0.3 is 14.8 Å². The predicted molar refractivity (Wildman–Crippen MR) is 68.7 cm³/mol. The van der Waals surface area contributed by atoms with Gasteiger partial charge in [0, 0.05) is 4.88 Å². The van der Waals surface area contributed by atoms with E-state index >= 15 is 0 Å². The van der Waals surface area contributed by atoms with Crippen LogP contribution in [0.4, 0.5) is 4.79 Å². The van der Waals surface area contributed by atoms with Gasteiger partial charge in [-0.15, -0.1) is 11.3 Å². The van der Waals surface area contributed by atoms with Gasteiger partial charge >= 0.3 is 12.1 Å². The van der Waals surface area contributed by atoms with Crippen LogP contribution >= 0.6 is 11.3 Å². The Morgan fingerprint density at radius 2 is 2.00 bits per heavy atom. The minimum Gasteiger partial charge on any atom is -0.465 e. The summed E-state index contributed by atoms with van der Waals surface area (Å²) < 4.78 is 9.70. The Balaban J connectivity index is 2.47. The Morgan fingerprint density at radius 1 is 1.33 bits per heavy atom.